The molecule has 0 unspecified atom stereocenters. The smallest absolute Gasteiger partial charge is 0.203 e. The Bertz CT molecular complexity index is 1030. The van der Waals surface area contributed by atoms with Crippen LogP contribution >= 0.6 is 0 Å². The van der Waals surface area contributed by atoms with Crippen LogP contribution in [0.15, 0.2) is 46.9 Å². The molecule has 2 aromatic rings. The molecule has 1 aliphatic carbocycles. The molecule has 0 fully saturated rings. The summed E-state index contributed by atoms with van der Waals surface area (Å²) in [4.78, 5) is 4.74. The van der Waals surface area contributed by atoms with Crippen LogP contribution in [0.1, 0.15) is 5.56 Å². The van der Waals surface area contributed by atoms with E-state index < -0.39 is 0 Å². The van der Waals surface area contributed by atoms with Crippen LogP contribution in [0.3, 0.4) is 0 Å². The van der Waals surface area contributed by atoms with Gasteiger partial charge in [-0.2, -0.15) is 0 Å². The molecule has 4 heteroatoms. The van der Waals surface area contributed by atoms with Gasteiger partial charge in [0.2, 0.25) is 5.36 Å². The van der Waals surface area contributed by atoms with Crippen LogP contribution in [0.2, 0.25) is 0 Å². The van der Waals surface area contributed by atoms with Gasteiger partial charge in [-0.3, -0.25) is 5.41 Å². The Labute approximate surface area is 120 Å². The van der Waals surface area contributed by atoms with Crippen LogP contribution in [-0.2, 0) is 0 Å². The Balaban J connectivity index is 2.25. The number of nitrogens with two attached hydrogens (primary N) is 2. The number of nitrogens with zero attached hydrogens (tertiary/aromatic N) is 1. The van der Waals surface area contributed by atoms with E-state index in [9.17, 15) is 0 Å². The fraction of sp³-hybridized carbons (Fsp3) is 0.0588. The normalized spacial score (nSPS) is 11.5. The third-order valence-electron chi connectivity index (χ3n) is 3.81. The zero-order valence-electron chi connectivity index (χ0n) is 11.6. The standard InChI is InChI=1S/C17H13N3O/c1-9-6-14-15(7-12(9)18)21-16-8-13(19)10-4-2-3-5-11(10)17(16)20-14/h2-8,18H,19H2,1H3/p+1. The quantitative estimate of drug-likeness (QED) is 0.291. The Hall–Kier alpha value is -2.88. The first-order valence-corrected chi connectivity index (χ1v) is 6.74. The van der Waals surface area contributed by atoms with Crippen molar-refractivity contribution in [2.75, 3.05) is 5.73 Å². The number of aromatic nitrogens is 1. The SMILES string of the molecule is Cc1cc2nc3c(cc(N)c4ccccc43)oc-2cc1=[NH2+]. The maximum Gasteiger partial charge on any atom is 0.203 e. The Morgan fingerprint density at radius 3 is 2.67 bits per heavy atom. The lowest BCUT2D eigenvalue weighted by atomic mass is 10.1. The summed E-state index contributed by atoms with van der Waals surface area (Å²) in [6.07, 6.45) is 0. The number of hydrogen-bond acceptors (Lipinski definition) is 3. The van der Waals surface area contributed by atoms with Crippen molar-refractivity contribution in [3.05, 3.63) is 53.4 Å². The molecule has 2 aliphatic rings. The number of nitrogen functional groups attached to an aromatic ring is 1. The van der Waals surface area contributed by atoms with E-state index in [0.717, 1.165) is 27.5 Å². The first-order chi connectivity index (χ1) is 10.1. The summed E-state index contributed by atoms with van der Waals surface area (Å²) in [6, 6.07) is 13.5. The maximum atomic E-state index is 6.11. The van der Waals surface area contributed by atoms with Crippen molar-refractivity contribution in [3.63, 3.8) is 0 Å². The summed E-state index contributed by atoms with van der Waals surface area (Å²) >= 11 is 0. The molecule has 0 radical (unpaired) electrons. The monoisotopic (exact) mass is 276 g/mol. The molecule has 0 amide bonds. The molecule has 0 saturated heterocycles. The lowest BCUT2D eigenvalue weighted by molar-refractivity contribution is -0.173. The average Bonchev–Trinajstić information content (AvgIpc) is 2.48. The van der Waals surface area contributed by atoms with Gasteiger partial charge in [-0.1, -0.05) is 24.3 Å². The van der Waals surface area contributed by atoms with Crippen LogP contribution in [0.5, 0.6) is 0 Å². The highest BCUT2D eigenvalue weighted by atomic mass is 16.3. The number of benzene rings is 3. The molecule has 1 heterocycles. The molecular weight excluding hydrogens is 262 g/mol. The second kappa shape index (κ2) is 4.06. The zero-order chi connectivity index (χ0) is 14.6. The molecule has 102 valence electrons. The summed E-state index contributed by atoms with van der Waals surface area (Å²) in [5.41, 5.74) is 10.1. The summed E-state index contributed by atoms with van der Waals surface area (Å²) in [5, 5.41) is 8.61. The third-order valence-corrected chi connectivity index (χ3v) is 3.81. The van der Waals surface area contributed by atoms with E-state index in [1.807, 2.05) is 49.4 Å². The van der Waals surface area contributed by atoms with Gasteiger partial charge in [0.25, 0.3) is 0 Å². The first kappa shape index (κ1) is 11.9. The van der Waals surface area contributed by atoms with E-state index in [4.69, 9.17) is 20.5 Å². The fourth-order valence-corrected chi connectivity index (χ4v) is 2.65. The fourth-order valence-electron chi connectivity index (χ4n) is 2.65. The molecule has 2 aromatic carbocycles. The van der Waals surface area contributed by atoms with Gasteiger partial charge in [0.1, 0.15) is 11.2 Å². The van der Waals surface area contributed by atoms with Crippen molar-refractivity contribution in [3.8, 4) is 11.5 Å². The van der Waals surface area contributed by atoms with Crippen LogP contribution in [-0.4, -0.2) is 4.98 Å². The summed E-state index contributed by atoms with van der Waals surface area (Å²) in [6.45, 7) is 1.96. The summed E-state index contributed by atoms with van der Waals surface area (Å²) in [5.74, 6) is 0.667. The Morgan fingerprint density at radius 2 is 1.86 bits per heavy atom. The molecule has 4 N–H and O–H groups in total. The van der Waals surface area contributed by atoms with Crippen molar-refractivity contribution < 1.29 is 9.83 Å². The topological polar surface area (TPSA) is 77.6 Å². The van der Waals surface area contributed by atoms with Gasteiger partial charge in [-0.15, -0.1) is 0 Å². The van der Waals surface area contributed by atoms with Crippen LogP contribution in [0, 0.1) is 6.92 Å². The van der Waals surface area contributed by atoms with Gasteiger partial charge in [0.15, 0.2) is 11.3 Å². The zero-order valence-corrected chi connectivity index (χ0v) is 11.6. The number of aryl methyl sites for hydroxylation is 1. The molecule has 4 rings (SSSR count). The van der Waals surface area contributed by atoms with E-state index in [-0.39, 0.29) is 0 Å². The second-order valence-corrected chi connectivity index (χ2v) is 5.25. The molecule has 4 nitrogen and oxygen atoms in total. The number of hydrogen-bond donors (Lipinski definition) is 2. The van der Waals surface area contributed by atoms with E-state index >= 15 is 0 Å². The van der Waals surface area contributed by atoms with Gasteiger partial charge >= 0.3 is 0 Å². The molecule has 0 spiro atoms. The van der Waals surface area contributed by atoms with Gasteiger partial charge in [-0.25, -0.2) is 4.98 Å². The summed E-state index contributed by atoms with van der Waals surface area (Å²) in [7, 11) is 0. The molecular formula is C17H14N3O+. The number of rotatable bonds is 0. The first-order valence-electron chi connectivity index (χ1n) is 6.74. The molecule has 0 atom stereocenters. The Kier molecular flexibility index (Phi) is 2.30. The minimum absolute atomic E-state index is 0.667. The predicted octanol–water partition coefficient (Wildman–Crippen LogP) is 1.64. The van der Waals surface area contributed by atoms with Gasteiger partial charge in [0.05, 0.1) is 6.07 Å². The largest absolute Gasteiger partial charge is 0.452 e. The highest BCUT2D eigenvalue weighted by molar-refractivity contribution is 6.09. The second-order valence-electron chi connectivity index (χ2n) is 5.25. The van der Waals surface area contributed by atoms with Crippen LogP contribution in [0.4, 0.5) is 5.69 Å². The van der Waals surface area contributed by atoms with E-state index in [2.05, 4.69) is 0 Å². The molecule has 0 saturated carbocycles. The number of fused-ring (bicyclic) bond motifs is 4. The van der Waals surface area contributed by atoms with Gasteiger partial charge in [0, 0.05) is 28.1 Å². The minimum atomic E-state index is 0.667. The average molecular weight is 276 g/mol. The van der Waals surface area contributed by atoms with Crippen molar-refractivity contribution in [1.29, 1.82) is 0 Å². The molecule has 1 aliphatic heterocycles. The third kappa shape index (κ3) is 1.69. The van der Waals surface area contributed by atoms with Crippen molar-refractivity contribution in [1.82, 2.24) is 4.98 Å². The van der Waals surface area contributed by atoms with E-state index in [1.54, 1.807) is 0 Å². The number of anilines is 1. The van der Waals surface area contributed by atoms with Crippen molar-refractivity contribution >= 4 is 27.6 Å². The summed E-state index contributed by atoms with van der Waals surface area (Å²) < 4.78 is 5.95. The highest BCUT2D eigenvalue weighted by Crippen LogP contribution is 2.32. The van der Waals surface area contributed by atoms with E-state index in [0.29, 0.717) is 22.4 Å². The van der Waals surface area contributed by atoms with Crippen LogP contribution < -0.4 is 16.5 Å². The van der Waals surface area contributed by atoms with E-state index in [1.165, 1.54) is 0 Å². The lowest BCUT2D eigenvalue weighted by Gasteiger charge is -2.10. The highest BCUT2D eigenvalue weighted by Gasteiger charge is 2.14. The van der Waals surface area contributed by atoms with Gasteiger partial charge < -0.3 is 10.2 Å². The predicted molar refractivity (Wildman–Crippen MR) is 82.3 cm³/mol. The molecule has 21 heavy (non-hydrogen) atoms. The van der Waals surface area contributed by atoms with Crippen molar-refractivity contribution in [2.45, 2.75) is 6.92 Å². The van der Waals surface area contributed by atoms with Crippen LogP contribution in [0.25, 0.3) is 33.3 Å². The lowest BCUT2D eigenvalue weighted by Crippen LogP contribution is -2.46. The van der Waals surface area contributed by atoms with Crippen molar-refractivity contribution in [2.24, 2.45) is 0 Å². The minimum Gasteiger partial charge on any atom is -0.452 e. The van der Waals surface area contributed by atoms with Gasteiger partial charge in [-0.05, 0) is 13.0 Å². The molecule has 0 aromatic heterocycles. The maximum absolute atomic E-state index is 6.11. The molecule has 0 bridgehead atoms. The Morgan fingerprint density at radius 1 is 1.10 bits per heavy atom.